The van der Waals surface area contributed by atoms with Gasteiger partial charge < -0.3 is 9.72 Å². The van der Waals surface area contributed by atoms with E-state index in [9.17, 15) is 13.2 Å². The zero-order valence-corrected chi connectivity index (χ0v) is 16.0. The molecule has 0 unspecified atom stereocenters. The average Bonchev–Trinajstić information content (AvgIpc) is 3.17. The van der Waals surface area contributed by atoms with Crippen LogP contribution in [-0.4, -0.2) is 26.5 Å². The van der Waals surface area contributed by atoms with Crippen LogP contribution in [-0.2, 0) is 25.8 Å². The molecule has 1 atom stereocenters. The maximum atomic E-state index is 12.8. The van der Waals surface area contributed by atoms with Gasteiger partial charge in [-0.25, -0.2) is 8.42 Å². The second-order valence-corrected chi connectivity index (χ2v) is 8.30. The summed E-state index contributed by atoms with van der Waals surface area (Å²) in [4.78, 5) is 15.3. The molecule has 140 valence electrons. The molecule has 0 fully saturated rings. The van der Waals surface area contributed by atoms with Crippen LogP contribution >= 0.6 is 0 Å². The Labute approximate surface area is 158 Å². The molecule has 0 amide bonds. The molecule has 0 saturated heterocycles. The molecule has 1 N–H and O–H groups in total. The predicted molar refractivity (Wildman–Crippen MR) is 102 cm³/mol. The van der Waals surface area contributed by atoms with Crippen LogP contribution in [0.5, 0.6) is 0 Å². The lowest BCUT2D eigenvalue weighted by Crippen LogP contribution is -2.16. The Bertz CT molecular complexity index is 1020. The van der Waals surface area contributed by atoms with Crippen molar-refractivity contribution in [1.29, 1.82) is 0 Å². The summed E-state index contributed by atoms with van der Waals surface area (Å²) in [5, 5.41) is 0.0586. The van der Waals surface area contributed by atoms with Gasteiger partial charge in [0, 0.05) is 6.20 Å². The van der Waals surface area contributed by atoms with Crippen molar-refractivity contribution in [2.75, 3.05) is 7.11 Å². The number of aromatic amines is 1. The van der Waals surface area contributed by atoms with Gasteiger partial charge in [0.25, 0.3) is 0 Å². The number of carbonyl (C=O) groups is 1. The highest BCUT2D eigenvalue weighted by molar-refractivity contribution is 7.91. The molecule has 0 spiro atoms. The van der Waals surface area contributed by atoms with E-state index < -0.39 is 21.7 Å². The summed E-state index contributed by atoms with van der Waals surface area (Å²) in [7, 11) is -2.35. The summed E-state index contributed by atoms with van der Waals surface area (Å²) in [5.74, 6) is -0.993. The van der Waals surface area contributed by atoms with Crippen LogP contribution in [0.2, 0.25) is 0 Å². The van der Waals surface area contributed by atoms with Gasteiger partial charge in [0.15, 0.2) is 0 Å². The standard InChI is InChI=1S/C21H21NO4S/c1-15-8-10-18(11-9-15)27(24,25)20-13-17(14-22-20)19(21(23)26-2)12-16-6-4-3-5-7-16/h3-11,13-14,19,22H,12H2,1-2H3/t19-/m1/s1. The highest BCUT2D eigenvalue weighted by Gasteiger charge is 2.26. The number of rotatable bonds is 6. The number of carbonyl (C=O) groups excluding carboxylic acids is 1. The van der Waals surface area contributed by atoms with E-state index in [0.717, 1.165) is 11.1 Å². The minimum absolute atomic E-state index is 0.0586. The average molecular weight is 383 g/mol. The first kappa shape index (κ1) is 18.9. The molecule has 0 aliphatic heterocycles. The number of sulfone groups is 1. The fourth-order valence-electron chi connectivity index (χ4n) is 2.92. The molecule has 27 heavy (non-hydrogen) atoms. The molecule has 3 rings (SSSR count). The van der Waals surface area contributed by atoms with E-state index in [1.165, 1.54) is 13.2 Å². The first-order chi connectivity index (χ1) is 12.9. The molecule has 2 aromatic carbocycles. The number of ether oxygens (including phenoxy) is 1. The summed E-state index contributed by atoms with van der Waals surface area (Å²) in [6.45, 7) is 1.90. The molecule has 1 aromatic heterocycles. The quantitative estimate of drug-likeness (QED) is 0.659. The van der Waals surface area contributed by atoms with Gasteiger partial charge in [-0.2, -0.15) is 0 Å². The number of methoxy groups -OCH3 is 1. The molecular weight excluding hydrogens is 362 g/mol. The molecule has 1 heterocycles. The Morgan fingerprint density at radius 1 is 1.07 bits per heavy atom. The van der Waals surface area contributed by atoms with Crippen molar-refractivity contribution in [2.24, 2.45) is 0 Å². The van der Waals surface area contributed by atoms with Crippen molar-refractivity contribution in [2.45, 2.75) is 29.2 Å². The second kappa shape index (κ2) is 7.80. The summed E-state index contributed by atoms with van der Waals surface area (Å²) in [6, 6.07) is 17.7. The van der Waals surface area contributed by atoms with Gasteiger partial charge in [-0.15, -0.1) is 0 Å². The maximum absolute atomic E-state index is 12.8. The van der Waals surface area contributed by atoms with Crippen molar-refractivity contribution in [3.63, 3.8) is 0 Å². The first-order valence-electron chi connectivity index (χ1n) is 8.53. The Balaban J connectivity index is 1.93. The molecule has 0 aliphatic rings. The van der Waals surface area contributed by atoms with Crippen molar-refractivity contribution in [3.05, 3.63) is 83.6 Å². The number of esters is 1. The summed E-state index contributed by atoms with van der Waals surface area (Å²) >= 11 is 0. The van der Waals surface area contributed by atoms with Gasteiger partial charge in [0.1, 0.15) is 5.03 Å². The lowest BCUT2D eigenvalue weighted by Gasteiger charge is -2.13. The lowest BCUT2D eigenvalue weighted by atomic mass is 9.94. The smallest absolute Gasteiger partial charge is 0.313 e. The van der Waals surface area contributed by atoms with E-state index >= 15 is 0 Å². The van der Waals surface area contributed by atoms with Crippen LogP contribution < -0.4 is 0 Å². The van der Waals surface area contributed by atoms with Gasteiger partial charge in [-0.05, 0) is 42.7 Å². The zero-order valence-electron chi connectivity index (χ0n) is 15.2. The summed E-state index contributed by atoms with van der Waals surface area (Å²) in [6.07, 6.45) is 1.99. The Morgan fingerprint density at radius 2 is 1.74 bits per heavy atom. The largest absolute Gasteiger partial charge is 0.469 e. The normalized spacial score (nSPS) is 12.5. The number of hydrogen-bond acceptors (Lipinski definition) is 4. The fraction of sp³-hybridized carbons (Fsp3) is 0.190. The van der Waals surface area contributed by atoms with Crippen molar-refractivity contribution >= 4 is 15.8 Å². The van der Waals surface area contributed by atoms with E-state index in [4.69, 9.17) is 4.74 Å². The number of H-pyrrole nitrogens is 1. The Morgan fingerprint density at radius 3 is 2.37 bits per heavy atom. The number of nitrogens with one attached hydrogen (secondary N) is 1. The monoisotopic (exact) mass is 383 g/mol. The van der Waals surface area contributed by atoms with Gasteiger partial charge >= 0.3 is 5.97 Å². The van der Waals surface area contributed by atoms with Gasteiger partial charge in [0.05, 0.1) is 17.9 Å². The number of aryl methyl sites for hydroxylation is 1. The Hall–Kier alpha value is -2.86. The van der Waals surface area contributed by atoms with Gasteiger partial charge in [-0.3, -0.25) is 4.79 Å². The van der Waals surface area contributed by atoms with E-state index in [0.29, 0.717) is 12.0 Å². The molecule has 0 aliphatic carbocycles. The van der Waals surface area contributed by atoms with Crippen molar-refractivity contribution < 1.29 is 17.9 Å². The van der Waals surface area contributed by atoms with E-state index in [1.54, 1.807) is 30.5 Å². The third-order valence-corrected chi connectivity index (χ3v) is 6.18. The zero-order chi connectivity index (χ0) is 19.4. The maximum Gasteiger partial charge on any atom is 0.313 e. The number of benzene rings is 2. The minimum Gasteiger partial charge on any atom is -0.469 e. The molecule has 0 radical (unpaired) electrons. The molecule has 0 saturated carbocycles. The van der Waals surface area contributed by atoms with Crippen LogP contribution in [0.25, 0.3) is 0 Å². The molecule has 6 heteroatoms. The van der Waals surface area contributed by atoms with E-state index in [-0.39, 0.29) is 9.92 Å². The molecule has 5 nitrogen and oxygen atoms in total. The van der Waals surface area contributed by atoms with Crippen LogP contribution in [0.1, 0.15) is 22.6 Å². The fourth-order valence-corrected chi connectivity index (χ4v) is 4.17. The predicted octanol–water partition coefficient (Wildman–Crippen LogP) is 3.66. The first-order valence-corrected chi connectivity index (χ1v) is 10.0. The highest BCUT2D eigenvalue weighted by Crippen LogP contribution is 2.27. The number of aromatic nitrogens is 1. The van der Waals surface area contributed by atoms with Crippen molar-refractivity contribution in [1.82, 2.24) is 4.98 Å². The molecular formula is C21H21NO4S. The van der Waals surface area contributed by atoms with E-state index in [2.05, 4.69) is 4.98 Å². The van der Waals surface area contributed by atoms with Crippen LogP contribution in [0.3, 0.4) is 0 Å². The lowest BCUT2D eigenvalue weighted by molar-refractivity contribution is -0.142. The van der Waals surface area contributed by atoms with Crippen LogP contribution in [0, 0.1) is 6.92 Å². The minimum atomic E-state index is -3.68. The van der Waals surface area contributed by atoms with Crippen molar-refractivity contribution in [3.8, 4) is 0 Å². The van der Waals surface area contributed by atoms with E-state index in [1.807, 2.05) is 37.3 Å². The number of hydrogen-bond donors (Lipinski definition) is 1. The second-order valence-electron chi connectivity index (χ2n) is 6.38. The van der Waals surface area contributed by atoms with Crippen LogP contribution in [0.15, 0.2) is 76.8 Å². The highest BCUT2D eigenvalue weighted by atomic mass is 32.2. The third kappa shape index (κ3) is 4.11. The summed E-state index contributed by atoms with van der Waals surface area (Å²) < 4.78 is 30.6. The van der Waals surface area contributed by atoms with Gasteiger partial charge in [-0.1, -0.05) is 48.0 Å². The molecule has 3 aromatic rings. The summed E-state index contributed by atoms with van der Waals surface area (Å²) in [5.41, 5.74) is 2.53. The Kier molecular flexibility index (Phi) is 5.46. The SMILES string of the molecule is COC(=O)[C@H](Cc1ccccc1)c1c[nH]c(S(=O)(=O)c2ccc(C)cc2)c1. The van der Waals surface area contributed by atoms with Gasteiger partial charge in [0.2, 0.25) is 9.84 Å². The van der Waals surface area contributed by atoms with Crippen LogP contribution in [0.4, 0.5) is 0 Å². The molecule has 0 bridgehead atoms. The topological polar surface area (TPSA) is 76.2 Å². The third-order valence-electron chi connectivity index (χ3n) is 4.47.